The molecule has 1 heterocycles. The van der Waals surface area contributed by atoms with Crippen molar-refractivity contribution in [3.8, 4) is 0 Å². The van der Waals surface area contributed by atoms with E-state index in [2.05, 4.69) is 22.2 Å². The zero-order chi connectivity index (χ0) is 10.3. The predicted octanol–water partition coefficient (Wildman–Crippen LogP) is 0.832. The van der Waals surface area contributed by atoms with Crippen molar-refractivity contribution in [1.82, 2.24) is 16.0 Å². The van der Waals surface area contributed by atoms with Crippen LogP contribution in [-0.2, 0) is 0 Å². The van der Waals surface area contributed by atoms with Gasteiger partial charge in [-0.1, -0.05) is 0 Å². The second-order valence-electron chi connectivity index (χ2n) is 5.07. The van der Waals surface area contributed by atoms with Crippen molar-refractivity contribution in [3.05, 3.63) is 11.9 Å². The van der Waals surface area contributed by atoms with Crippen LogP contribution in [0.2, 0.25) is 0 Å². The molecule has 1 aliphatic heterocycles. The van der Waals surface area contributed by atoms with Crippen molar-refractivity contribution in [3.63, 3.8) is 0 Å². The van der Waals surface area contributed by atoms with E-state index in [0.29, 0.717) is 12.1 Å². The van der Waals surface area contributed by atoms with Crippen LogP contribution in [0.15, 0.2) is 11.9 Å². The Morgan fingerprint density at radius 1 is 1.13 bits per heavy atom. The summed E-state index contributed by atoms with van der Waals surface area (Å²) in [7, 11) is 0. The molecule has 0 amide bonds. The SMILES string of the molecule is N[C@H]1CC[C@H](N2C=C(C3CC3)NN2)CC1. The Labute approximate surface area is 90.8 Å². The standard InChI is InChI=1S/C11H20N4/c12-9-3-5-10(6-4-9)15-7-11(13-14-15)8-1-2-8/h7-10,13-14H,1-6,12H2/t9-,10-. The molecule has 0 radical (unpaired) electrons. The van der Waals surface area contributed by atoms with E-state index in [9.17, 15) is 0 Å². The average molecular weight is 208 g/mol. The predicted molar refractivity (Wildman–Crippen MR) is 59.1 cm³/mol. The van der Waals surface area contributed by atoms with E-state index in [-0.39, 0.29) is 0 Å². The van der Waals surface area contributed by atoms with Gasteiger partial charge in [0.05, 0.1) is 0 Å². The van der Waals surface area contributed by atoms with Gasteiger partial charge in [0.2, 0.25) is 0 Å². The average Bonchev–Trinajstić information content (AvgIpc) is 2.99. The fourth-order valence-electron chi connectivity index (χ4n) is 2.52. The molecule has 84 valence electrons. The first-order valence-corrected chi connectivity index (χ1v) is 6.10. The summed E-state index contributed by atoms with van der Waals surface area (Å²) in [6.45, 7) is 0. The van der Waals surface area contributed by atoms with Gasteiger partial charge in [-0.05, 0) is 38.5 Å². The highest BCUT2D eigenvalue weighted by Gasteiger charge is 2.32. The third-order valence-corrected chi connectivity index (χ3v) is 3.76. The molecule has 0 aromatic heterocycles. The zero-order valence-electron chi connectivity index (χ0n) is 9.08. The zero-order valence-corrected chi connectivity index (χ0v) is 9.08. The molecule has 15 heavy (non-hydrogen) atoms. The number of nitrogens with two attached hydrogens (primary N) is 1. The van der Waals surface area contributed by atoms with Gasteiger partial charge in [0, 0.05) is 29.9 Å². The summed E-state index contributed by atoms with van der Waals surface area (Å²) in [6.07, 6.45) is 9.71. The van der Waals surface area contributed by atoms with Gasteiger partial charge in [-0.15, -0.1) is 5.53 Å². The topological polar surface area (TPSA) is 53.3 Å². The maximum absolute atomic E-state index is 5.91. The van der Waals surface area contributed by atoms with E-state index in [0.717, 1.165) is 18.8 Å². The summed E-state index contributed by atoms with van der Waals surface area (Å²) in [4.78, 5) is 0. The van der Waals surface area contributed by atoms with Crippen LogP contribution < -0.4 is 16.7 Å². The summed E-state index contributed by atoms with van der Waals surface area (Å²) >= 11 is 0. The molecule has 2 fully saturated rings. The minimum Gasteiger partial charge on any atom is -0.328 e. The fourth-order valence-corrected chi connectivity index (χ4v) is 2.52. The molecule has 0 saturated heterocycles. The van der Waals surface area contributed by atoms with E-state index in [1.807, 2.05) is 0 Å². The molecule has 0 aromatic rings. The minimum absolute atomic E-state index is 0.434. The number of hydrogen-bond donors (Lipinski definition) is 3. The van der Waals surface area contributed by atoms with E-state index < -0.39 is 0 Å². The van der Waals surface area contributed by atoms with Crippen LogP contribution in [0.4, 0.5) is 0 Å². The van der Waals surface area contributed by atoms with Crippen molar-refractivity contribution in [2.45, 2.75) is 50.6 Å². The van der Waals surface area contributed by atoms with E-state index >= 15 is 0 Å². The molecule has 2 saturated carbocycles. The number of hydrogen-bond acceptors (Lipinski definition) is 4. The number of nitrogens with one attached hydrogen (secondary N) is 2. The molecule has 4 N–H and O–H groups in total. The van der Waals surface area contributed by atoms with Crippen LogP contribution in [0.3, 0.4) is 0 Å². The summed E-state index contributed by atoms with van der Waals surface area (Å²) in [5.41, 5.74) is 13.8. The lowest BCUT2D eigenvalue weighted by Crippen LogP contribution is -2.46. The van der Waals surface area contributed by atoms with Crippen molar-refractivity contribution in [2.24, 2.45) is 11.7 Å². The second-order valence-corrected chi connectivity index (χ2v) is 5.07. The molecule has 4 heteroatoms. The van der Waals surface area contributed by atoms with Crippen molar-refractivity contribution < 1.29 is 0 Å². The third-order valence-electron chi connectivity index (χ3n) is 3.76. The number of hydrazine groups is 2. The first kappa shape index (κ1) is 9.48. The Morgan fingerprint density at radius 3 is 2.53 bits per heavy atom. The van der Waals surface area contributed by atoms with Crippen LogP contribution in [-0.4, -0.2) is 17.1 Å². The molecular formula is C11H20N4. The van der Waals surface area contributed by atoms with Crippen LogP contribution in [0.1, 0.15) is 38.5 Å². The highest BCUT2D eigenvalue weighted by atomic mass is 15.7. The third kappa shape index (κ3) is 1.96. The Hall–Kier alpha value is -0.740. The Morgan fingerprint density at radius 2 is 1.87 bits per heavy atom. The lowest BCUT2D eigenvalue weighted by atomic mass is 9.91. The maximum Gasteiger partial charge on any atom is 0.0484 e. The van der Waals surface area contributed by atoms with Crippen LogP contribution in [0.25, 0.3) is 0 Å². The number of allylic oxidation sites excluding steroid dienone is 1. The first-order chi connectivity index (χ1) is 7.33. The quantitative estimate of drug-likeness (QED) is 0.629. The molecule has 0 aromatic carbocycles. The summed E-state index contributed by atoms with van der Waals surface area (Å²) in [5, 5.41) is 2.25. The molecule has 0 bridgehead atoms. The number of rotatable bonds is 2. The van der Waals surface area contributed by atoms with Gasteiger partial charge >= 0.3 is 0 Å². The molecule has 0 atom stereocenters. The number of nitrogens with zero attached hydrogens (tertiary/aromatic N) is 1. The van der Waals surface area contributed by atoms with Gasteiger partial charge in [-0.2, -0.15) is 0 Å². The summed E-state index contributed by atoms with van der Waals surface area (Å²) in [5.74, 6) is 0.799. The highest BCUT2D eigenvalue weighted by molar-refractivity contribution is 5.12. The van der Waals surface area contributed by atoms with Crippen LogP contribution in [0, 0.1) is 5.92 Å². The molecule has 3 rings (SSSR count). The molecular weight excluding hydrogens is 188 g/mol. The summed E-state index contributed by atoms with van der Waals surface area (Å²) in [6, 6.07) is 1.07. The second kappa shape index (κ2) is 3.68. The molecule has 0 unspecified atom stereocenters. The van der Waals surface area contributed by atoms with Gasteiger partial charge in [-0.25, -0.2) is 0 Å². The van der Waals surface area contributed by atoms with Crippen molar-refractivity contribution in [2.75, 3.05) is 0 Å². The lowest BCUT2D eigenvalue weighted by Gasteiger charge is -2.32. The molecule has 2 aliphatic carbocycles. The Kier molecular flexibility index (Phi) is 2.33. The fraction of sp³-hybridized carbons (Fsp3) is 0.818. The summed E-state index contributed by atoms with van der Waals surface area (Å²) < 4.78 is 0. The van der Waals surface area contributed by atoms with Crippen molar-refractivity contribution in [1.29, 1.82) is 0 Å². The van der Waals surface area contributed by atoms with Gasteiger partial charge in [0.15, 0.2) is 0 Å². The van der Waals surface area contributed by atoms with E-state index in [1.54, 1.807) is 0 Å². The molecule has 0 spiro atoms. The van der Waals surface area contributed by atoms with Gasteiger partial charge in [0.25, 0.3) is 0 Å². The molecule has 3 aliphatic rings. The Balaban J connectivity index is 1.59. The van der Waals surface area contributed by atoms with Crippen LogP contribution >= 0.6 is 0 Å². The maximum atomic E-state index is 5.91. The van der Waals surface area contributed by atoms with Gasteiger partial charge in [-0.3, -0.25) is 5.01 Å². The lowest BCUT2D eigenvalue weighted by molar-refractivity contribution is 0.150. The minimum atomic E-state index is 0.434. The van der Waals surface area contributed by atoms with Gasteiger partial charge < -0.3 is 11.2 Å². The first-order valence-electron chi connectivity index (χ1n) is 6.10. The van der Waals surface area contributed by atoms with Crippen LogP contribution in [0.5, 0.6) is 0 Å². The van der Waals surface area contributed by atoms with Gasteiger partial charge in [0.1, 0.15) is 0 Å². The molecule has 4 nitrogen and oxygen atoms in total. The van der Waals surface area contributed by atoms with E-state index in [1.165, 1.54) is 31.4 Å². The monoisotopic (exact) mass is 208 g/mol. The highest BCUT2D eigenvalue weighted by Crippen LogP contribution is 2.36. The largest absolute Gasteiger partial charge is 0.328 e. The van der Waals surface area contributed by atoms with Crippen molar-refractivity contribution >= 4 is 0 Å². The Bertz CT molecular complexity index is 264. The normalized spacial score (nSPS) is 36.3. The smallest absolute Gasteiger partial charge is 0.0484 e. The van der Waals surface area contributed by atoms with E-state index in [4.69, 9.17) is 5.73 Å².